The lowest BCUT2D eigenvalue weighted by Gasteiger charge is -2.13. The van der Waals surface area contributed by atoms with Crippen LogP contribution in [0.4, 0.5) is 13.2 Å². The van der Waals surface area contributed by atoms with Crippen LogP contribution in [0.15, 0.2) is 59.6 Å². The Bertz CT molecular complexity index is 879. The Labute approximate surface area is 149 Å². The van der Waals surface area contributed by atoms with Crippen molar-refractivity contribution in [3.8, 4) is 0 Å². The first-order chi connectivity index (χ1) is 12.5. The molecule has 4 nitrogen and oxygen atoms in total. The van der Waals surface area contributed by atoms with E-state index in [9.17, 15) is 13.2 Å². The summed E-state index contributed by atoms with van der Waals surface area (Å²) in [5, 5.41) is 7.29. The number of hydrogen-bond acceptors (Lipinski definition) is 1. The Hall–Kier alpha value is -2.96. The number of halogens is 3. The van der Waals surface area contributed by atoms with Crippen molar-refractivity contribution in [1.29, 1.82) is 0 Å². The molecule has 0 aliphatic heterocycles. The maximum atomic E-state index is 12.8. The van der Waals surface area contributed by atoms with Crippen LogP contribution < -0.4 is 10.6 Å². The third-order valence-electron chi connectivity index (χ3n) is 3.97. The SMILES string of the molecule is CN=C(NCc1cccc(C(F)(F)F)c1)NCc1cc2ccccc2[nH]1. The van der Waals surface area contributed by atoms with E-state index in [-0.39, 0.29) is 6.54 Å². The highest BCUT2D eigenvalue weighted by molar-refractivity contribution is 5.81. The summed E-state index contributed by atoms with van der Waals surface area (Å²) in [6, 6.07) is 15.3. The lowest BCUT2D eigenvalue weighted by atomic mass is 10.1. The van der Waals surface area contributed by atoms with Crippen molar-refractivity contribution >= 4 is 16.9 Å². The number of nitrogens with zero attached hydrogens (tertiary/aromatic N) is 1. The van der Waals surface area contributed by atoms with Crippen molar-refractivity contribution in [2.45, 2.75) is 19.3 Å². The molecule has 3 aromatic rings. The molecule has 3 rings (SSSR count). The number of aromatic amines is 1. The minimum Gasteiger partial charge on any atom is -0.357 e. The number of rotatable bonds is 4. The largest absolute Gasteiger partial charge is 0.416 e. The lowest BCUT2D eigenvalue weighted by molar-refractivity contribution is -0.137. The van der Waals surface area contributed by atoms with Gasteiger partial charge in [0.25, 0.3) is 0 Å². The Kier molecular flexibility index (Phi) is 5.16. The average Bonchev–Trinajstić information content (AvgIpc) is 3.04. The summed E-state index contributed by atoms with van der Waals surface area (Å²) in [6.07, 6.45) is -4.34. The monoisotopic (exact) mass is 360 g/mol. The van der Waals surface area contributed by atoms with Gasteiger partial charge in [0.2, 0.25) is 0 Å². The van der Waals surface area contributed by atoms with Gasteiger partial charge in [0.1, 0.15) is 0 Å². The normalized spacial score (nSPS) is 12.4. The van der Waals surface area contributed by atoms with Gasteiger partial charge in [-0.2, -0.15) is 13.2 Å². The van der Waals surface area contributed by atoms with Crippen LogP contribution in [0.3, 0.4) is 0 Å². The van der Waals surface area contributed by atoms with E-state index in [1.54, 1.807) is 13.1 Å². The number of hydrogen-bond donors (Lipinski definition) is 3. The molecule has 3 N–H and O–H groups in total. The number of aliphatic imine (C=N–C) groups is 1. The van der Waals surface area contributed by atoms with Crippen LogP contribution in [0.2, 0.25) is 0 Å². The second-order valence-electron chi connectivity index (χ2n) is 5.86. The van der Waals surface area contributed by atoms with E-state index in [1.807, 2.05) is 30.3 Å². The van der Waals surface area contributed by atoms with Gasteiger partial charge in [0.05, 0.1) is 12.1 Å². The number of nitrogens with one attached hydrogen (secondary N) is 3. The second kappa shape index (κ2) is 7.51. The van der Waals surface area contributed by atoms with Gasteiger partial charge in [-0.25, -0.2) is 0 Å². The maximum absolute atomic E-state index is 12.8. The molecule has 1 heterocycles. The highest BCUT2D eigenvalue weighted by atomic mass is 19.4. The van der Waals surface area contributed by atoms with Crippen LogP contribution in [-0.4, -0.2) is 18.0 Å². The third-order valence-corrected chi connectivity index (χ3v) is 3.97. The molecule has 0 atom stereocenters. The molecule has 0 aliphatic rings. The first-order valence-corrected chi connectivity index (χ1v) is 8.13. The predicted octanol–water partition coefficient (Wildman–Crippen LogP) is 4.05. The zero-order chi connectivity index (χ0) is 18.6. The molecule has 0 fully saturated rings. The number of aromatic nitrogens is 1. The Morgan fingerprint density at radius 2 is 1.77 bits per heavy atom. The zero-order valence-corrected chi connectivity index (χ0v) is 14.2. The molecule has 0 saturated carbocycles. The highest BCUT2D eigenvalue weighted by Crippen LogP contribution is 2.29. The molecular formula is C19H19F3N4. The first kappa shape index (κ1) is 17.8. The van der Waals surface area contributed by atoms with E-state index in [0.717, 1.165) is 28.7 Å². The molecule has 0 bridgehead atoms. The number of guanidine groups is 1. The summed E-state index contributed by atoms with van der Waals surface area (Å²) in [5.74, 6) is 0.515. The smallest absolute Gasteiger partial charge is 0.357 e. The maximum Gasteiger partial charge on any atom is 0.416 e. The number of H-pyrrole nitrogens is 1. The van der Waals surface area contributed by atoms with Crippen LogP contribution in [0.25, 0.3) is 10.9 Å². The van der Waals surface area contributed by atoms with Gasteiger partial charge in [0.15, 0.2) is 5.96 Å². The molecule has 2 aromatic carbocycles. The molecular weight excluding hydrogens is 341 g/mol. The molecule has 0 amide bonds. The van der Waals surface area contributed by atoms with E-state index < -0.39 is 11.7 Å². The average molecular weight is 360 g/mol. The zero-order valence-electron chi connectivity index (χ0n) is 14.2. The summed E-state index contributed by atoms with van der Waals surface area (Å²) in [4.78, 5) is 7.40. The van der Waals surface area contributed by atoms with Crippen molar-refractivity contribution in [3.63, 3.8) is 0 Å². The highest BCUT2D eigenvalue weighted by Gasteiger charge is 2.30. The number of benzene rings is 2. The van der Waals surface area contributed by atoms with Gasteiger partial charge in [-0.15, -0.1) is 0 Å². The standard InChI is InChI=1S/C19H19F3N4/c1-23-18(24-11-13-5-4-7-15(9-13)19(20,21)22)25-12-16-10-14-6-2-3-8-17(14)26-16/h2-10,26H,11-12H2,1H3,(H2,23,24,25). The molecule has 0 aliphatic carbocycles. The molecule has 1 aromatic heterocycles. The predicted molar refractivity (Wildman–Crippen MR) is 96.8 cm³/mol. The fourth-order valence-electron chi connectivity index (χ4n) is 2.67. The van der Waals surface area contributed by atoms with E-state index in [4.69, 9.17) is 0 Å². The van der Waals surface area contributed by atoms with Gasteiger partial charge in [-0.05, 0) is 35.2 Å². The summed E-state index contributed by atoms with van der Waals surface area (Å²) < 4.78 is 38.3. The fraction of sp³-hybridized carbons (Fsp3) is 0.211. The Morgan fingerprint density at radius 1 is 1.00 bits per heavy atom. The van der Waals surface area contributed by atoms with Crippen LogP contribution in [-0.2, 0) is 19.3 Å². The van der Waals surface area contributed by atoms with Crippen molar-refractivity contribution in [3.05, 3.63) is 71.4 Å². The van der Waals surface area contributed by atoms with Gasteiger partial charge in [-0.1, -0.05) is 30.3 Å². The minimum atomic E-state index is -4.34. The molecule has 0 unspecified atom stereocenters. The molecule has 26 heavy (non-hydrogen) atoms. The molecule has 7 heteroatoms. The van der Waals surface area contributed by atoms with Crippen LogP contribution in [0, 0.1) is 0 Å². The van der Waals surface area contributed by atoms with Gasteiger partial charge < -0.3 is 15.6 Å². The van der Waals surface area contributed by atoms with Crippen LogP contribution in [0.5, 0.6) is 0 Å². The minimum absolute atomic E-state index is 0.246. The van der Waals surface area contributed by atoms with Crippen molar-refractivity contribution in [2.75, 3.05) is 7.05 Å². The van der Waals surface area contributed by atoms with Gasteiger partial charge in [-0.3, -0.25) is 4.99 Å². The van der Waals surface area contributed by atoms with Crippen molar-refractivity contribution in [2.24, 2.45) is 4.99 Å². The summed E-state index contributed by atoms with van der Waals surface area (Å²) in [5.41, 5.74) is 1.93. The van der Waals surface area contributed by atoms with E-state index in [0.29, 0.717) is 18.1 Å². The molecule has 136 valence electrons. The van der Waals surface area contributed by atoms with E-state index in [1.165, 1.54) is 6.07 Å². The van der Waals surface area contributed by atoms with Crippen LogP contribution >= 0.6 is 0 Å². The van der Waals surface area contributed by atoms with Crippen molar-refractivity contribution < 1.29 is 13.2 Å². The molecule has 0 saturated heterocycles. The van der Waals surface area contributed by atoms with Crippen molar-refractivity contribution in [1.82, 2.24) is 15.6 Å². The van der Waals surface area contributed by atoms with Crippen LogP contribution in [0.1, 0.15) is 16.8 Å². The van der Waals surface area contributed by atoms with Gasteiger partial charge in [0, 0.05) is 24.8 Å². The summed E-state index contributed by atoms with van der Waals surface area (Å²) >= 11 is 0. The Morgan fingerprint density at radius 3 is 2.50 bits per heavy atom. The summed E-state index contributed by atoms with van der Waals surface area (Å²) in [6.45, 7) is 0.771. The quantitative estimate of drug-likeness (QED) is 0.486. The Balaban J connectivity index is 1.58. The molecule has 0 spiro atoms. The molecule has 0 radical (unpaired) electrons. The number of fused-ring (bicyclic) bond motifs is 1. The number of alkyl halides is 3. The third kappa shape index (κ3) is 4.36. The van der Waals surface area contributed by atoms with Gasteiger partial charge >= 0.3 is 6.18 Å². The second-order valence-corrected chi connectivity index (χ2v) is 5.86. The fourth-order valence-corrected chi connectivity index (χ4v) is 2.67. The first-order valence-electron chi connectivity index (χ1n) is 8.13. The summed E-state index contributed by atoms with van der Waals surface area (Å²) in [7, 11) is 1.62. The van der Waals surface area contributed by atoms with E-state index in [2.05, 4.69) is 20.6 Å². The topological polar surface area (TPSA) is 52.2 Å². The number of para-hydroxylation sites is 1. The lowest BCUT2D eigenvalue weighted by Crippen LogP contribution is -2.36. The van der Waals surface area contributed by atoms with E-state index >= 15 is 0 Å².